The van der Waals surface area contributed by atoms with Crippen molar-refractivity contribution in [1.82, 2.24) is 0 Å². The zero-order valence-corrected chi connectivity index (χ0v) is 38.0. The molecule has 3 N–H and O–H groups in total. The van der Waals surface area contributed by atoms with Crippen LogP contribution in [-0.2, 0) is 32.7 Å². The summed E-state index contributed by atoms with van der Waals surface area (Å²) in [5.74, 6) is -1.05. The van der Waals surface area contributed by atoms with E-state index in [0.717, 1.165) is 44.9 Å². The third-order valence-electron chi connectivity index (χ3n) is 8.16. The maximum Gasteiger partial charge on any atom is 0.472 e. The zero-order chi connectivity index (χ0) is 44.6. The predicted octanol–water partition coefficient (Wildman–Crippen LogP) is 10.1. The van der Waals surface area contributed by atoms with Crippen LogP contribution in [0.3, 0.4) is 0 Å². The highest BCUT2D eigenvalue weighted by atomic mass is 31.2. The molecular formula is C48H77NO10P+. The number of phosphoric ester groups is 1. The first-order valence-corrected chi connectivity index (χ1v) is 23.0. The lowest BCUT2D eigenvalue weighted by Gasteiger charge is -2.24. The lowest BCUT2D eigenvalue weighted by molar-refractivity contribution is -0.870. The van der Waals surface area contributed by atoms with Gasteiger partial charge >= 0.3 is 19.8 Å². The number of aliphatic hydroxyl groups excluding tert-OH is 2. The third kappa shape index (κ3) is 41.1. The molecule has 0 aliphatic carbocycles. The molecule has 60 heavy (non-hydrogen) atoms. The van der Waals surface area contributed by atoms with Gasteiger partial charge < -0.3 is 29.1 Å². The number of unbranched alkanes of at least 4 members (excludes halogenated alkanes) is 3. The SMILES string of the molecule is CC/C=C\C/C=C\C/C=C\C/C=C\CCCCC(=O)OC[C@H](COP(=O)(O)OCC[N+](C)(C)C)OC(=O)CCC/C=C\[C@@H](O)/C=C/C=C\C/C=C\C=C\[C@@H](O)C/C=C\CC. The molecule has 1 unspecified atom stereocenters. The van der Waals surface area contributed by atoms with E-state index in [4.69, 9.17) is 18.5 Å². The Morgan fingerprint density at radius 3 is 1.83 bits per heavy atom. The molecule has 0 aliphatic rings. The Morgan fingerprint density at radius 2 is 1.18 bits per heavy atom. The van der Waals surface area contributed by atoms with Crippen molar-refractivity contribution in [1.29, 1.82) is 0 Å². The maximum absolute atomic E-state index is 12.7. The number of aliphatic hydroxyl groups is 2. The summed E-state index contributed by atoms with van der Waals surface area (Å²) in [5.41, 5.74) is 0. The summed E-state index contributed by atoms with van der Waals surface area (Å²) in [6.07, 6.45) is 46.2. The summed E-state index contributed by atoms with van der Waals surface area (Å²) in [6, 6.07) is 0. The van der Waals surface area contributed by atoms with Crippen molar-refractivity contribution < 1.29 is 52.3 Å². The summed E-state index contributed by atoms with van der Waals surface area (Å²) in [5, 5.41) is 20.0. The third-order valence-corrected chi connectivity index (χ3v) is 9.15. The average Bonchev–Trinajstić information content (AvgIpc) is 3.19. The van der Waals surface area contributed by atoms with Gasteiger partial charge in [0, 0.05) is 12.8 Å². The summed E-state index contributed by atoms with van der Waals surface area (Å²) >= 11 is 0. The number of nitrogens with zero attached hydrogens (tertiary/aromatic N) is 1. The molecule has 0 aromatic rings. The molecule has 12 heteroatoms. The number of likely N-dealkylation sites (N-methyl/N-ethyl adjacent to an activating group) is 1. The second kappa shape index (κ2) is 38.3. The minimum atomic E-state index is -4.45. The fraction of sp³-hybridized carbons (Fsp3) is 0.542. The van der Waals surface area contributed by atoms with Crippen molar-refractivity contribution in [3.05, 3.63) is 122 Å². The van der Waals surface area contributed by atoms with Crippen LogP contribution in [-0.4, -0.2) is 97.3 Å². The number of esters is 2. The Labute approximate surface area is 362 Å². The molecule has 0 heterocycles. The zero-order valence-electron chi connectivity index (χ0n) is 37.1. The number of phosphoric acid groups is 1. The average molecular weight is 859 g/mol. The van der Waals surface area contributed by atoms with Gasteiger partial charge in [-0.15, -0.1) is 0 Å². The normalized spacial score (nSPS) is 15.8. The molecule has 0 rings (SSSR count). The molecule has 0 saturated carbocycles. The van der Waals surface area contributed by atoms with Crippen LogP contribution in [0.15, 0.2) is 122 Å². The van der Waals surface area contributed by atoms with Crippen molar-refractivity contribution in [3.8, 4) is 0 Å². The minimum Gasteiger partial charge on any atom is -0.462 e. The molecule has 0 radical (unpaired) electrons. The number of hydrogen-bond acceptors (Lipinski definition) is 9. The lowest BCUT2D eigenvalue weighted by atomic mass is 10.2. The summed E-state index contributed by atoms with van der Waals surface area (Å²) in [4.78, 5) is 35.3. The second-order valence-electron chi connectivity index (χ2n) is 15.0. The van der Waals surface area contributed by atoms with E-state index in [0.29, 0.717) is 43.1 Å². The molecule has 338 valence electrons. The first-order chi connectivity index (χ1) is 28.8. The van der Waals surface area contributed by atoms with E-state index in [-0.39, 0.29) is 26.1 Å². The molecule has 4 atom stereocenters. The molecule has 0 aromatic heterocycles. The number of rotatable bonds is 36. The fourth-order valence-electron chi connectivity index (χ4n) is 4.80. The predicted molar refractivity (Wildman–Crippen MR) is 245 cm³/mol. The molecule has 0 amide bonds. The van der Waals surface area contributed by atoms with Crippen LogP contribution < -0.4 is 0 Å². The number of allylic oxidation sites excluding steroid dienone is 16. The first kappa shape index (κ1) is 56.3. The Morgan fingerprint density at radius 1 is 0.617 bits per heavy atom. The number of hydrogen-bond donors (Lipinski definition) is 3. The first-order valence-electron chi connectivity index (χ1n) is 21.5. The number of carbonyl (C=O) groups excluding carboxylic acids is 2. The van der Waals surface area contributed by atoms with E-state index in [1.165, 1.54) is 0 Å². The van der Waals surface area contributed by atoms with Gasteiger partial charge in [-0.1, -0.05) is 135 Å². The van der Waals surface area contributed by atoms with Crippen LogP contribution in [0.25, 0.3) is 0 Å². The van der Waals surface area contributed by atoms with E-state index in [1.54, 1.807) is 30.4 Å². The molecule has 0 bridgehead atoms. The molecule has 0 saturated heterocycles. The van der Waals surface area contributed by atoms with E-state index in [1.807, 2.05) is 63.7 Å². The topological polar surface area (TPSA) is 149 Å². The lowest BCUT2D eigenvalue weighted by Crippen LogP contribution is -2.37. The van der Waals surface area contributed by atoms with Gasteiger partial charge in [-0.25, -0.2) is 4.57 Å². The van der Waals surface area contributed by atoms with Crippen LogP contribution in [0, 0.1) is 0 Å². The Balaban J connectivity index is 4.73. The van der Waals surface area contributed by atoms with Gasteiger partial charge in [0.15, 0.2) is 6.10 Å². The highest BCUT2D eigenvalue weighted by Crippen LogP contribution is 2.43. The molecule has 0 aromatic carbocycles. The van der Waals surface area contributed by atoms with Gasteiger partial charge in [-0.05, 0) is 77.0 Å². The number of quaternary nitrogens is 1. The second-order valence-corrected chi connectivity index (χ2v) is 16.5. The number of ether oxygens (including phenoxy) is 2. The van der Waals surface area contributed by atoms with Crippen LogP contribution >= 0.6 is 7.82 Å². The van der Waals surface area contributed by atoms with Gasteiger partial charge in [-0.3, -0.25) is 18.6 Å². The van der Waals surface area contributed by atoms with Gasteiger partial charge in [0.25, 0.3) is 0 Å². The summed E-state index contributed by atoms with van der Waals surface area (Å²) < 4.78 is 34.0. The Bertz CT molecular complexity index is 1470. The van der Waals surface area contributed by atoms with E-state index >= 15 is 0 Å². The Hall–Kier alpha value is -3.67. The van der Waals surface area contributed by atoms with Crippen molar-refractivity contribution >= 4 is 19.8 Å². The highest BCUT2D eigenvalue weighted by molar-refractivity contribution is 7.47. The molecule has 0 spiro atoms. The van der Waals surface area contributed by atoms with E-state index in [2.05, 4.69) is 62.5 Å². The maximum atomic E-state index is 12.7. The van der Waals surface area contributed by atoms with Crippen molar-refractivity contribution in [3.63, 3.8) is 0 Å². The summed E-state index contributed by atoms with van der Waals surface area (Å²) in [6.45, 7) is 3.79. The van der Waals surface area contributed by atoms with Gasteiger partial charge in [0.05, 0.1) is 40.0 Å². The minimum absolute atomic E-state index is 0.0209. The Kier molecular flexibility index (Phi) is 35.9. The quantitative estimate of drug-likeness (QED) is 0.0139. The molecule has 0 fully saturated rings. The largest absolute Gasteiger partial charge is 0.472 e. The van der Waals surface area contributed by atoms with Crippen LogP contribution in [0.5, 0.6) is 0 Å². The van der Waals surface area contributed by atoms with Crippen molar-refractivity contribution in [2.75, 3.05) is 47.5 Å². The van der Waals surface area contributed by atoms with Gasteiger partial charge in [0.2, 0.25) is 0 Å². The van der Waals surface area contributed by atoms with E-state index < -0.39 is 44.7 Å². The van der Waals surface area contributed by atoms with E-state index in [9.17, 15) is 29.3 Å². The summed E-state index contributed by atoms with van der Waals surface area (Å²) in [7, 11) is 1.30. The molecular weight excluding hydrogens is 781 g/mol. The monoisotopic (exact) mass is 859 g/mol. The smallest absolute Gasteiger partial charge is 0.462 e. The highest BCUT2D eigenvalue weighted by Gasteiger charge is 2.27. The number of carbonyl (C=O) groups is 2. The standard InChI is InChI=1S/C48H76NO10P/c1-6-8-10-11-12-13-14-15-16-17-18-19-23-26-32-38-47(52)56-42-46(43-58-60(54,55)57-41-40-49(3,4)5)59-48(53)39-33-27-31-37-45(51)36-30-25-22-20-21-24-29-35-44(50)34-28-9-7-2/h8-10,12-13,15-16,18-19,21-22,24-25,28-31,35-37,44-46,50-51H,6-7,11,14,17,20,23,26-27,32-34,38-43H2,1-5H3/p+1/b10-8-,13-12-,16-15-,19-18-,24-21-,25-22-,28-9-,35-29+,36-30+,37-31-/t44-,45-,46+/m0/s1. The van der Waals surface area contributed by atoms with Gasteiger partial charge in [0.1, 0.15) is 19.8 Å². The van der Waals surface area contributed by atoms with Crippen LogP contribution in [0.1, 0.15) is 104 Å². The van der Waals surface area contributed by atoms with Gasteiger partial charge in [-0.2, -0.15) is 0 Å². The molecule has 0 aliphatic heterocycles. The van der Waals surface area contributed by atoms with Crippen LogP contribution in [0.4, 0.5) is 0 Å². The van der Waals surface area contributed by atoms with Crippen molar-refractivity contribution in [2.45, 2.75) is 122 Å². The molecule has 11 nitrogen and oxygen atoms in total. The van der Waals surface area contributed by atoms with Crippen molar-refractivity contribution in [2.24, 2.45) is 0 Å². The fourth-order valence-corrected chi connectivity index (χ4v) is 5.54. The van der Waals surface area contributed by atoms with Crippen LogP contribution in [0.2, 0.25) is 0 Å².